The van der Waals surface area contributed by atoms with Gasteiger partial charge in [0.2, 0.25) is 0 Å². The van der Waals surface area contributed by atoms with Crippen LogP contribution in [0.1, 0.15) is 5.56 Å². The molecule has 0 radical (unpaired) electrons. The molecule has 30 heavy (non-hydrogen) atoms. The van der Waals surface area contributed by atoms with Crippen LogP contribution in [-0.2, 0) is 14.8 Å². The van der Waals surface area contributed by atoms with Gasteiger partial charge < -0.3 is 14.4 Å². The number of hydrogen-bond donors (Lipinski definition) is 1. The number of nitrogens with zero attached hydrogens (tertiary/aromatic N) is 2. The average molecular weight is 429 g/mol. The van der Waals surface area contributed by atoms with Crippen LogP contribution < -0.4 is 14.2 Å². The van der Waals surface area contributed by atoms with Crippen LogP contribution in [0.4, 0.5) is 5.69 Å². The molecule has 0 spiro atoms. The van der Waals surface area contributed by atoms with Crippen LogP contribution >= 0.6 is 0 Å². The molecule has 0 bridgehead atoms. The number of ether oxygens (including phenoxy) is 2. The number of hydrogen-bond acceptors (Lipinski definition) is 6. The molecule has 0 fully saturated rings. The number of likely N-dealkylation sites (N-methyl/N-ethyl adjacent to an activating group) is 1. The molecule has 158 valence electrons. The van der Waals surface area contributed by atoms with E-state index in [0.717, 1.165) is 0 Å². The molecule has 1 heterocycles. The Morgan fingerprint density at radius 1 is 1.13 bits per heavy atom. The van der Waals surface area contributed by atoms with Crippen molar-refractivity contribution in [2.24, 2.45) is 0 Å². The van der Waals surface area contributed by atoms with Gasteiger partial charge in [0.25, 0.3) is 15.9 Å². The van der Waals surface area contributed by atoms with Gasteiger partial charge in [0.05, 0.1) is 17.7 Å². The molecule has 3 aromatic rings. The van der Waals surface area contributed by atoms with Crippen LogP contribution in [0.2, 0.25) is 0 Å². The summed E-state index contributed by atoms with van der Waals surface area (Å²) in [4.78, 5) is 17.5. The van der Waals surface area contributed by atoms with Gasteiger partial charge in [-0.3, -0.25) is 14.5 Å². The Balaban J connectivity index is 1.87. The van der Waals surface area contributed by atoms with Gasteiger partial charge >= 0.3 is 0 Å². The number of carbonyl (C=O) groups is 1. The molecule has 8 nitrogen and oxygen atoms in total. The molecule has 0 saturated carbocycles. The predicted molar refractivity (Wildman–Crippen MR) is 114 cm³/mol. The van der Waals surface area contributed by atoms with E-state index in [2.05, 4.69) is 9.71 Å². The highest BCUT2D eigenvalue weighted by molar-refractivity contribution is 7.92. The van der Waals surface area contributed by atoms with Gasteiger partial charge in [-0.1, -0.05) is 0 Å². The Bertz CT molecular complexity index is 1190. The van der Waals surface area contributed by atoms with Gasteiger partial charge in [-0.05, 0) is 55.0 Å². The van der Waals surface area contributed by atoms with Crippen LogP contribution in [0.15, 0.2) is 53.6 Å². The fourth-order valence-corrected chi connectivity index (χ4v) is 3.99. The lowest BCUT2D eigenvalue weighted by Crippen LogP contribution is -2.27. The van der Waals surface area contributed by atoms with Crippen molar-refractivity contribution in [3.63, 3.8) is 0 Å². The third-order valence-corrected chi connectivity index (χ3v) is 5.87. The first-order valence-electron chi connectivity index (χ1n) is 9.11. The zero-order valence-corrected chi connectivity index (χ0v) is 18.0. The van der Waals surface area contributed by atoms with Crippen molar-refractivity contribution in [2.75, 3.05) is 32.5 Å². The van der Waals surface area contributed by atoms with Gasteiger partial charge in [0.1, 0.15) is 17.0 Å². The number of rotatable bonds is 7. The number of pyridine rings is 1. The fraction of sp³-hybridized carbons (Fsp3) is 0.238. The predicted octanol–water partition coefficient (Wildman–Crippen LogP) is 2.82. The molecule has 1 amide bonds. The van der Waals surface area contributed by atoms with Crippen molar-refractivity contribution in [1.29, 1.82) is 0 Å². The van der Waals surface area contributed by atoms with Gasteiger partial charge in [0, 0.05) is 25.7 Å². The van der Waals surface area contributed by atoms with Crippen LogP contribution in [-0.4, -0.2) is 52.0 Å². The molecule has 2 aromatic carbocycles. The summed E-state index contributed by atoms with van der Waals surface area (Å²) in [5, 5.41) is 0.624. The summed E-state index contributed by atoms with van der Waals surface area (Å²) in [6.45, 7) is 1.60. The highest BCUT2D eigenvalue weighted by Crippen LogP contribution is 2.31. The minimum Gasteiger partial charge on any atom is -0.494 e. The highest BCUT2D eigenvalue weighted by atomic mass is 32.2. The van der Waals surface area contributed by atoms with E-state index in [1.807, 2.05) is 0 Å². The number of anilines is 1. The smallest absolute Gasteiger partial charge is 0.261 e. The number of aryl methyl sites for hydroxylation is 1. The summed E-state index contributed by atoms with van der Waals surface area (Å²) in [7, 11) is 0.950. The summed E-state index contributed by atoms with van der Waals surface area (Å²) >= 11 is 0. The van der Waals surface area contributed by atoms with E-state index in [1.54, 1.807) is 57.5 Å². The number of methoxy groups -OCH3 is 1. The first-order valence-corrected chi connectivity index (χ1v) is 10.6. The Labute approximate surface area is 175 Å². The maximum Gasteiger partial charge on any atom is 0.261 e. The van der Waals surface area contributed by atoms with Crippen molar-refractivity contribution in [1.82, 2.24) is 9.88 Å². The van der Waals surface area contributed by atoms with Crippen LogP contribution in [0.3, 0.4) is 0 Å². The molecule has 3 rings (SSSR count). The Kier molecular flexibility index (Phi) is 6.12. The summed E-state index contributed by atoms with van der Waals surface area (Å²) < 4.78 is 39.3. The second kappa shape index (κ2) is 8.58. The normalized spacial score (nSPS) is 11.2. The lowest BCUT2D eigenvalue weighted by molar-refractivity contribution is -0.130. The molecule has 1 aromatic heterocycles. The van der Waals surface area contributed by atoms with Gasteiger partial charge in [-0.15, -0.1) is 0 Å². The number of fused-ring (bicyclic) bond motifs is 1. The summed E-state index contributed by atoms with van der Waals surface area (Å²) in [6, 6.07) is 11.3. The molecule has 0 aliphatic carbocycles. The maximum atomic E-state index is 13.0. The monoisotopic (exact) mass is 429 g/mol. The number of nitrogens with one attached hydrogen (secondary N) is 1. The largest absolute Gasteiger partial charge is 0.494 e. The number of aromatic nitrogens is 1. The second-order valence-electron chi connectivity index (χ2n) is 6.82. The lowest BCUT2D eigenvalue weighted by atomic mass is 10.2. The molecule has 0 saturated heterocycles. The van der Waals surface area contributed by atoms with E-state index in [1.165, 1.54) is 24.1 Å². The van der Waals surface area contributed by atoms with Crippen molar-refractivity contribution in [2.45, 2.75) is 11.8 Å². The molecule has 1 N–H and O–H groups in total. The number of benzene rings is 2. The van der Waals surface area contributed by atoms with Crippen LogP contribution in [0.5, 0.6) is 11.5 Å². The zero-order chi connectivity index (χ0) is 21.9. The van der Waals surface area contributed by atoms with Crippen molar-refractivity contribution >= 4 is 32.5 Å². The molecular weight excluding hydrogens is 406 g/mol. The summed E-state index contributed by atoms with van der Waals surface area (Å²) in [5.74, 6) is 0.814. The first kappa shape index (κ1) is 21.4. The van der Waals surface area contributed by atoms with Crippen LogP contribution in [0.25, 0.3) is 10.9 Å². The van der Waals surface area contributed by atoms with E-state index >= 15 is 0 Å². The van der Waals surface area contributed by atoms with Crippen molar-refractivity contribution < 1.29 is 22.7 Å². The van der Waals surface area contributed by atoms with Crippen LogP contribution in [0, 0.1) is 6.92 Å². The quantitative estimate of drug-likeness (QED) is 0.620. The van der Waals surface area contributed by atoms with Crippen molar-refractivity contribution in [3.05, 3.63) is 54.2 Å². The number of sulfonamides is 1. The van der Waals surface area contributed by atoms with Crippen molar-refractivity contribution in [3.8, 4) is 11.5 Å². The zero-order valence-electron chi connectivity index (χ0n) is 17.2. The van der Waals surface area contributed by atoms with E-state index < -0.39 is 10.0 Å². The van der Waals surface area contributed by atoms with Gasteiger partial charge in [-0.2, -0.15) is 0 Å². The molecule has 0 aliphatic heterocycles. The Morgan fingerprint density at radius 2 is 1.87 bits per heavy atom. The molecular formula is C21H23N3O5S. The van der Waals surface area contributed by atoms with E-state index in [0.29, 0.717) is 33.7 Å². The second-order valence-corrected chi connectivity index (χ2v) is 8.51. The molecule has 0 atom stereocenters. The first-order chi connectivity index (χ1) is 14.2. The van der Waals surface area contributed by atoms with E-state index in [9.17, 15) is 13.2 Å². The summed E-state index contributed by atoms with van der Waals surface area (Å²) in [5.41, 5.74) is 1.56. The molecule has 0 aliphatic rings. The van der Waals surface area contributed by atoms with Gasteiger partial charge in [-0.25, -0.2) is 8.42 Å². The van der Waals surface area contributed by atoms with E-state index in [4.69, 9.17) is 9.47 Å². The highest BCUT2D eigenvalue weighted by Gasteiger charge is 2.18. The molecule has 9 heteroatoms. The summed E-state index contributed by atoms with van der Waals surface area (Å²) in [6.07, 6.45) is 1.62. The minimum atomic E-state index is -3.86. The standard InChI is InChI=1S/C21H23N3O5S/c1-14-12-15(7-9-18(14)29-13-20(25)24(2)3)30(26,27)23-17-8-10-19(28-4)21-16(17)6-5-11-22-21/h5-12,23H,13H2,1-4H3. The lowest BCUT2D eigenvalue weighted by Gasteiger charge is -2.15. The Morgan fingerprint density at radius 3 is 2.53 bits per heavy atom. The molecule has 0 unspecified atom stereocenters. The minimum absolute atomic E-state index is 0.0825. The average Bonchev–Trinajstić information content (AvgIpc) is 2.72. The Hall–Kier alpha value is -3.33. The fourth-order valence-electron chi connectivity index (χ4n) is 2.82. The van der Waals surface area contributed by atoms with Gasteiger partial charge in [0.15, 0.2) is 6.61 Å². The maximum absolute atomic E-state index is 13.0. The third-order valence-electron chi connectivity index (χ3n) is 4.50. The topological polar surface area (TPSA) is 97.8 Å². The number of amides is 1. The SMILES string of the molecule is COc1ccc(NS(=O)(=O)c2ccc(OCC(=O)N(C)C)c(C)c2)c2cccnc12. The number of carbonyl (C=O) groups excluding carboxylic acids is 1. The van der Waals surface area contributed by atoms with E-state index in [-0.39, 0.29) is 17.4 Å². The third kappa shape index (κ3) is 4.46.